The van der Waals surface area contributed by atoms with E-state index in [9.17, 15) is 15.0 Å². The van der Waals surface area contributed by atoms with Crippen LogP contribution >= 0.6 is 0 Å². The molecule has 162 valence electrons. The molecule has 0 heterocycles. The van der Waals surface area contributed by atoms with Crippen LogP contribution in [0.2, 0.25) is 0 Å². The number of allylic oxidation sites excluding steroid dienone is 2. The second kappa shape index (κ2) is 10.5. The van der Waals surface area contributed by atoms with Crippen LogP contribution in [0.1, 0.15) is 65.7 Å². The summed E-state index contributed by atoms with van der Waals surface area (Å²) in [6.07, 6.45) is 11.5. The summed E-state index contributed by atoms with van der Waals surface area (Å²) in [7, 11) is 3.61. The van der Waals surface area contributed by atoms with Crippen molar-refractivity contribution in [3.05, 3.63) is 23.8 Å². The molecule has 29 heavy (non-hydrogen) atoms. The van der Waals surface area contributed by atoms with Crippen molar-refractivity contribution < 1.29 is 15.0 Å². The lowest BCUT2D eigenvalue weighted by atomic mass is 9.81. The van der Waals surface area contributed by atoms with E-state index in [2.05, 4.69) is 17.9 Å². The monoisotopic (exact) mass is 401 g/mol. The minimum Gasteiger partial charge on any atom is -0.392 e. The fourth-order valence-electron chi connectivity index (χ4n) is 4.56. The van der Waals surface area contributed by atoms with Crippen LogP contribution in [0, 0.1) is 35.0 Å². The van der Waals surface area contributed by atoms with Gasteiger partial charge in [0, 0.05) is 38.3 Å². The first kappa shape index (κ1) is 23.7. The predicted octanol–water partition coefficient (Wildman–Crippen LogP) is 3.94. The summed E-state index contributed by atoms with van der Waals surface area (Å²) in [5.41, 5.74) is 1.17. The maximum atomic E-state index is 11.7. The Balaban J connectivity index is 1.86. The fraction of sp³-hybridized carbons (Fsp3) is 0.720. The summed E-state index contributed by atoms with van der Waals surface area (Å²) in [6.45, 7) is 5.87. The SMILES string of the molecule is CC#CCC(C)(C)[C@H](O)C=C[C@@H]1[C@H]2CC(CCCCC(=O)N(C)C)=C[C@H]2C[C@H]1O. The van der Waals surface area contributed by atoms with E-state index in [4.69, 9.17) is 0 Å². The Kier molecular flexibility index (Phi) is 8.55. The van der Waals surface area contributed by atoms with Gasteiger partial charge in [-0.05, 0) is 50.9 Å². The number of hydrogen-bond acceptors (Lipinski definition) is 3. The lowest BCUT2D eigenvalue weighted by molar-refractivity contribution is -0.128. The van der Waals surface area contributed by atoms with Crippen molar-refractivity contribution in [3.63, 3.8) is 0 Å². The van der Waals surface area contributed by atoms with E-state index in [1.807, 2.05) is 32.9 Å². The zero-order valence-corrected chi connectivity index (χ0v) is 18.8. The lowest BCUT2D eigenvalue weighted by Crippen LogP contribution is -2.27. The lowest BCUT2D eigenvalue weighted by Gasteiger charge is -2.27. The van der Waals surface area contributed by atoms with Crippen molar-refractivity contribution in [2.24, 2.45) is 23.2 Å². The number of unbranched alkanes of at least 4 members (excludes halogenated alkanes) is 1. The Morgan fingerprint density at radius 1 is 1.38 bits per heavy atom. The van der Waals surface area contributed by atoms with Crippen molar-refractivity contribution >= 4 is 5.91 Å². The summed E-state index contributed by atoms with van der Waals surface area (Å²) in [4.78, 5) is 13.3. The number of aliphatic hydroxyl groups is 2. The van der Waals surface area contributed by atoms with Gasteiger partial charge in [-0.2, -0.15) is 0 Å². The Morgan fingerprint density at radius 3 is 2.76 bits per heavy atom. The van der Waals surface area contributed by atoms with Crippen LogP contribution in [0.5, 0.6) is 0 Å². The van der Waals surface area contributed by atoms with Crippen LogP contribution in [0.15, 0.2) is 23.8 Å². The van der Waals surface area contributed by atoms with Crippen molar-refractivity contribution in [2.45, 2.75) is 77.9 Å². The maximum Gasteiger partial charge on any atom is 0.222 e. The Bertz CT molecular complexity index is 680. The highest BCUT2D eigenvalue weighted by Gasteiger charge is 2.43. The van der Waals surface area contributed by atoms with Gasteiger partial charge in [-0.3, -0.25) is 4.79 Å². The maximum absolute atomic E-state index is 11.7. The molecule has 0 radical (unpaired) electrons. The average Bonchev–Trinajstić information content (AvgIpc) is 3.17. The van der Waals surface area contributed by atoms with E-state index < -0.39 is 6.10 Å². The van der Waals surface area contributed by atoms with E-state index in [0.29, 0.717) is 24.7 Å². The second-order valence-corrected chi connectivity index (χ2v) is 9.65. The molecule has 0 aromatic carbocycles. The van der Waals surface area contributed by atoms with Crippen molar-refractivity contribution in [1.82, 2.24) is 4.90 Å². The largest absolute Gasteiger partial charge is 0.392 e. The summed E-state index contributed by atoms with van der Waals surface area (Å²) >= 11 is 0. The number of fused-ring (bicyclic) bond motifs is 1. The molecule has 4 nitrogen and oxygen atoms in total. The van der Waals surface area contributed by atoms with Crippen molar-refractivity contribution in [3.8, 4) is 11.8 Å². The zero-order valence-electron chi connectivity index (χ0n) is 18.8. The number of aliphatic hydroxyl groups excluding tert-OH is 2. The first-order valence-electron chi connectivity index (χ1n) is 11.0. The predicted molar refractivity (Wildman–Crippen MR) is 118 cm³/mol. The van der Waals surface area contributed by atoms with Crippen LogP contribution in [0.4, 0.5) is 0 Å². The van der Waals surface area contributed by atoms with Gasteiger partial charge in [-0.1, -0.05) is 37.6 Å². The molecular weight excluding hydrogens is 362 g/mol. The standard InChI is InChI=1S/C25H39NO3/c1-6-7-14-25(2,3)23(28)13-12-20-21-16-18(15-19(21)17-22(20)27)10-8-9-11-24(29)26(4)5/h12-13,15,19-23,27-28H,8-11,14,16-17H2,1-5H3/t19-,20+,21-,22+,23+/m0/s1. The van der Waals surface area contributed by atoms with Gasteiger partial charge < -0.3 is 15.1 Å². The Labute approximate surface area is 177 Å². The molecule has 1 amide bonds. The normalized spacial score (nSPS) is 27.3. The molecule has 2 rings (SSSR count). The first-order valence-corrected chi connectivity index (χ1v) is 11.0. The highest BCUT2D eigenvalue weighted by atomic mass is 16.3. The molecule has 0 saturated heterocycles. The number of hydrogen-bond donors (Lipinski definition) is 2. The Morgan fingerprint density at radius 2 is 2.10 bits per heavy atom. The molecule has 0 aromatic heterocycles. The molecule has 0 spiro atoms. The molecule has 0 aliphatic heterocycles. The minimum absolute atomic E-state index is 0.103. The highest BCUT2D eigenvalue weighted by molar-refractivity contribution is 5.75. The molecule has 2 N–H and O–H groups in total. The van der Waals surface area contributed by atoms with Crippen LogP contribution in [-0.4, -0.2) is 47.3 Å². The van der Waals surface area contributed by atoms with E-state index >= 15 is 0 Å². The van der Waals surface area contributed by atoms with Gasteiger partial charge in [0.1, 0.15) is 0 Å². The van der Waals surface area contributed by atoms with Gasteiger partial charge in [0.05, 0.1) is 12.2 Å². The third-order valence-electron chi connectivity index (χ3n) is 6.62. The molecule has 0 bridgehead atoms. The van der Waals surface area contributed by atoms with E-state index in [1.165, 1.54) is 5.57 Å². The van der Waals surface area contributed by atoms with Gasteiger partial charge in [0.2, 0.25) is 5.91 Å². The summed E-state index contributed by atoms with van der Waals surface area (Å²) in [5.74, 6) is 7.13. The number of carbonyl (C=O) groups is 1. The topological polar surface area (TPSA) is 60.8 Å². The average molecular weight is 402 g/mol. The van der Waals surface area contributed by atoms with E-state index in [-0.39, 0.29) is 23.3 Å². The third-order valence-corrected chi connectivity index (χ3v) is 6.62. The molecule has 1 fully saturated rings. The van der Waals surface area contributed by atoms with E-state index in [1.54, 1.807) is 19.0 Å². The first-order chi connectivity index (χ1) is 13.7. The molecule has 2 aliphatic carbocycles. The molecule has 0 aromatic rings. The van der Waals surface area contributed by atoms with Crippen molar-refractivity contribution in [2.75, 3.05) is 14.1 Å². The summed E-state index contributed by atoms with van der Waals surface area (Å²) in [5, 5.41) is 21.1. The molecule has 2 aliphatic rings. The molecule has 0 unspecified atom stereocenters. The van der Waals surface area contributed by atoms with Gasteiger partial charge >= 0.3 is 0 Å². The van der Waals surface area contributed by atoms with Gasteiger partial charge in [-0.15, -0.1) is 11.8 Å². The van der Waals surface area contributed by atoms with Crippen LogP contribution < -0.4 is 0 Å². The zero-order chi connectivity index (χ0) is 21.6. The Hall–Kier alpha value is -1.57. The molecule has 5 atom stereocenters. The number of amides is 1. The van der Waals surface area contributed by atoms with Crippen LogP contribution in [0.3, 0.4) is 0 Å². The van der Waals surface area contributed by atoms with Crippen molar-refractivity contribution in [1.29, 1.82) is 0 Å². The van der Waals surface area contributed by atoms with Crippen LogP contribution in [-0.2, 0) is 4.79 Å². The molecule has 4 heteroatoms. The number of nitrogens with zero attached hydrogens (tertiary/aromatic N) is 1. The summed E-state index contributed by atoms with van der Waals surface area (Å²) < 4.78 is 0. The van der Waals surface area contributed by atoms with Crippen LogP contribution in [0.25, 0.3) is 0 Å². The number of rotatable bonds is 9. The second-order valence-electron chi connectivity index (χ2n) is 9.65. The molecular formula is C25H39NO3. The van der Waals surface area contributed by atoms with Gasteiger partial charge in [0.25, 0.3) is 0 Å². The minimum atomic E-state index is -0.572. The fourth-order valence-corrected chi connectivity index (χ4v) is 4.56. The van der Waals surface area contributed by atoms with E-state index in [0.717, 1.165) is 32.1 Å². The van der Waals surface area contributed by atoms with Gasteiger partial charge in [0.15, 0.2) is 0 Å². The highest BCUT2D eigenvalue weighted by Crippen LogP contribution is 2.48. The quantitative estimate of drug-likeness (QED) is 0.350. The molecule has 1 saturated carbocycles. The number of carbonyl (C=O) groups excluding carboxylic acids is 1. The summed E-state index contributed by atoms with van der Waals surface area (Å²) in [6, 6.07) is 0. The third kappa shape index (κ3) is 6.46. The smallest absolute Gasteiger partial charge is 0.222 e. The van der Waals surface area contributed by atoms with Gasteiger partial charge in [-0.25, -0.2) is 0 Å².